The fourth-order valence-corrected chi connectivity index (χ4v) is 3.04. The minimum atomic E-state index is -0.500. The molecule has 2 rings (SSSR count). The maximum atomic E-state index is 12.3. The molecule has 25 heavy (non-hydrogen) atoms. The quantitative estimate of drug-likeness (QED) is 0.828. The Kier molecular flexibility index (Phi) is 6.46. The molecule has 1 aromatic carbocycles. The van der Waals surface area contributed by atoms with E-state index < -0.39 is 5.60 Å². The van der Waals surface area contributed by atoms with Crippen molar-refractivity contribution in [3.05, 3.63) is 28.7 Å². The Labute approximate surface area is 157 Å². The van der Waals surface area contributed by atoms with E-state index in [0.717, 1.165) is 10.2 Å². The van der Waals surface area contributed by atoms with Crippen LogP contribution in [-0.2, 0) is 9.53 Å². The molecule has 0 aliphatic carbocycles. The number of amides is 2. The zero-order valence-electron chi connectivity index (χ0n) is 15.2. The van der Waals surface area contributed by atoms with E-state index in [-0.39, 0.29) is 18.0 Å². The van der Waals surface area contributed by atoms with Crippen LogP contribution in [0.4, 0.5) is 10.5 Å². The fourth-order valence-electron chi connectivity index (χ4n) is 2.66. The summed E-state index contributed by atoms with van der Waals surface area (Å²) in [7, 11) is 0. The summed E-state index contributed by atoms with van der Waals surface area (Å²) in [5.74, 6) is -0.0653. The Balaban J connectivity index is 1.86. The van der Waals surface area contributed by atoms with E-state index in [4.69, 9.17) is 4.74 Å². The number of carbonyl (C=O) groups excluding carboxylic acids is 2. The van der Waals surface area contributed by atoms with E-state index in [2.05, 4.69) is 26.1 Å². The van der Waals surface area contributed by atoms with Gasteiger partial charge in [0.05, 0.1) is 12.2 Å². The van der Waals surface area contributed by atoms with Crippen molar-refractivity contribution in [2.24, 2.45) is 0 Å². The van der Waals surface area contributed by atoms with Crippen molar-refractivity contribution in [2.45, 2.75) is 39.3 Å². The minimum absolute atomic E-state index is 0.0653. The molecule has 0 bridgehead atoms. The number of benzene rings is 1. The van der Waals surface area contributed by atoms with E-state index >= 15 is 0 Å². The van der Waals surface area contributed by atoms with Crippen LogP contribution < -0.4 is 5.32 Å². The molecule has 0 saturated carbocycles. The summed E-state index contributed by atoms with van der Waals surface area (Å²) in [6, 6.07) is 7.61. The summed E-state index contributed by atoms with van der Waals surface area (Å²) in [5, 5.41) is 2.91. The van der Waals surface area contributed by atoms with Gasteiger partial charge in [0.2, 0.25) is 5.91 Å². The van der Waals surface area contributed by atoms with Gasteiger partial charge in [-0.15, -0.1) is 0 Å². The number of para-hydroxylation sites is 1. The Morgan fingerprint density at radius 1 is 1.28 bits per heavy atom. The number of rotatable bonds is 3. The molecule has 7 heteroatoms. The van der Waals surface area contributed by atoms with Gasteiger partial charge in [0.1, 0.15) is 5.60 Å². The molecule has 1 unspecified atom stereocenters. The van der Waals surface area contributed by atoms with Gasteiger partial charge in [-0.05, 0) is 55.8 Å². The molecular formula is C18H26BrN3O3. The molecule has 1 aromatic rings. The molecule has 1 atom stereocenters. The number of piperazine rings is 1. The van der Waals surface area contributed by atoms with Crippen LogP contribution in [0.1, 0.15) is 27.7 Å². The molecule has 0 spiro atoms. The molecule has 1 aliphatic rings. The van der Waals surface area contributed by atoms with Crippen molar-refractivity contribution in [3.63, 3.8) is 0 Å². The van der Waals surface area contributed by atoms with Gasteiger partial charge >= 0.3 is 6.09 Å². The third-order valence-electron chi connectivity index (χ3n) is 3.91. The second-order valence-electron chi connectivity index (χ2n) is 7.27. The second-order valence-corrected chi connectivity index (χ2v) is 8.13. The lowest BCUT2D eigenvalue weighted by Crippen LogP contribution is -2.55. The highest BCUT2D eigenvalue weighted by Gasteiger charge is 2.30. The SMILES string of the molecule is CC1CN(C(=O)OC(C)(C)C)CCN1CC(=O)Nc1ccccc1Br. The number of hydrogen-bond donors (Lipinski definition) is 1. The first-order valence-electron chi connectivity index (χ1n) is 8.42. The lowest BCUT2D eigenvalue weighted by Gasteiger charge is -2.39. The predicted molar refractivity (Wildman–Crippen MR) is 102 cm³/mol. The second kappa shape index (κ2) is 8.19. The molecule has 1 heterocycles. The summed E-state index contributed by atoms with van der Waals surface area (Å²) >= 11 is 3.42. The number of nitrogens with zero attached hydrogens (tertiary/aromatic N) is 2. The normalized spacial score (nSPS) is 18.8. The Morgan fingerprint density at radius 3 is 2.56 bits per heavy atom. The number of nitrogens with one attached hydrogen (secondary N) is 1. The van der Waals surface area contributed by atoms with Crippen LogP contribution in [0.5, 0.6) is 0 Å². The standard InChI is InChI=1S/C18H26BrN3O3/c1-13-11-22(17(24)25-18(2,3)4)10-9-21(13)12-16(23)20-15-8-6-5-7-14(15)19/h5-8,13H,9-12H2,1-4H3,(H,20,23). The van der Waals surface area contributed by atoms with Crippen LogP contribution in [0.3, 0.4) is 0 Å². The van der Waals surface area contributed by atoms with Gasteiger partial charge in [0, 0.05) is 30.1 Å². The maximum absolute atomic E-state index is 12.3. The predicted octanol–water partition coefficient (Wildman–Crippen LogP) is 3.33. The van der Waals surface area contributed by atoms with Crippen LogP contribution in [0, 0.1) is 0 Å². The Bertz CT molecular complexity index is 630. The van der Waals surface area contributed by atoms with Crippen molar-refractivity contribution < 1.29 is 14.3 Å². The van der Waals surface area contributed by atoms with E-state index in [9.17, 15) is 9.59 Å². The van der Waals surface area contributed by atoms with Crippen molar-refractivity contribution in [2.75, 3.05) is 31.5 Å². The van der Waals surface area contributed by atoms with Crippen LogP contribution in [0.25, 0.3) is 0 Å². The Morgan fingerprint density at radius 2 is 1.96 bits per heavy atom. The Hall–Kier alpha value is -1.60. The topological polar surface area (TPSA) is 61.9 Å². The maximum Gasteiger partial charge on any atom is 0.410 e. The van der Waals surface area contributed by atoms with Gasteiger partial charge in [-0.25, -0.2) is 4.79 Å². The number of ether oxygens (including phenoxy) is 1. The molecule has 6 nitrogen and oxygen atoms in total. The summed E-state index contributed by atoms with van der Waals surface area (Å²) in [5.41, 5.74) is 0.257. The lowest BCUT2D eigenvalue weighted by molar-refractivity contribution is -0.118. The van der Waals surface area contributed by atoms with Crippen molar-refractivity contribution >= 4 is 33.6 Å². The van der Waals surface area contributed by atoms with Crippen molar-refractivity contribution in [3.8, 4) is 0 Å². The molecule has 138 valence electrons. The lowest BCUT2D eigenvalue weighted by atomic mass is 10.2. The van der Waals surface area contributed by atoms with E-state index in [1.807, 2.05) is 52.0 Å². The van der Waals surface area contributed by atoms with Crippen LogP contribution in [-0.4, -0.2) is 59.6 Å². The summed E-state index contributed by atoms with van der Waals surface area (Å²) in [6.07, 6.45) is -0.295. The smallest absolute Gasteiger partial charge is 0.410 e. The van der Waals surface area contributed by atoms with Gasteiger partial charge in [-0.2, -0.15) is 0 Å². The molecule has 1 aliphatic heterocycles. The zero-order valence-corrected chi connectivity index (χ0v) is 16.8. The average molecular weight is 412 g/mol. The largest absolute Gasteiger partial charge is 0.444 e. The molecule has 1 saturated heterocycles. The molecule has 0 radical (unpaired) electrons. The number of hydrogen-bond acceptors (Lipinski definition) is 4. The van der Waals surface area contributed by atoms with Gasteiger partial charge < -0.3 is 15.0 Å². The van der Waals surface area contributed by atoms with E-state index in [1.165, 1.54) is 0 Å². The first-order valence-corrected chi connectivity index (χ1v) is 9.21. The highest BCUT2D eigenvalue weighted by Crippen LogP contribution is 2.21. The number of anilines is 1. The third kappa shape index (κ3) is 6.01. The monoisotopic (exact) mass is 411 g/mol. The van der Waals surface area contributed by atoms with Crippen LogP contribution >= 0.6 is 15.9 Å². The van der Waals surface area contributed by atoms with Gasteiger partial charge in [0.25, 0.3) is 0 Å². The zero-order chi connectivity index (χ0) is 18.6. The first kappa shape index (κ1) is 19.7. The van der Waals surface area contributed by atoms with E-state index in [1.54, 1.807) is 4.90 Å². The number of carbonyl (C=O) groups is 2. The van der Waals surface area contributed by atoms with Gasteiger partial charge in [-0.1, -0.05) is 12.1 Å². The highest BCUT2D eigenvalue weighted by atomic mass is 79.9. The molecule has 1 fully saturated rings. The molecule has 0 aromatic heterocycles. The highest BCUT2D eigenvalue weighted by molar-refractivity contribution is 9.10. The summed E-state index contributed by atoms with van der Waals surface area (Å²) in [6.45, 7) is 9.64. The number of halogens is 1. The van der Waals surface area contributed by atoms with Crippen LogP contribution in [0.2, 0.25) is 0 Å². The van der Waals surface area contributed by atoms with Crippen LogP contribution in [0.15, 0.2) is 28.7 Å². The molecule has 1 N–H and O–H groups in total. The minimum Gasteiger partial charge on any atom is -0.444 e. The van der Waals surface area contributed by atoms with Gasteiger partial charge in [-0.3, -0.25) is 9.69 Å². The van der Waals surface area contributed by atoms with Crippen molar-refractivity contribution in [1.29, 1.82) is 0 Å². The summed E-state index contributed by atoms with van der Waals surface area (Å²) in [4.78, 5) is 28.3. The molecule has 2 amide bonds. The van der Waals surface area contributed by atoms with Gasteiger partial charge in [0.15, 0.2) is 0 Å². The molecular weight excluding hydrogens is 386 g/mol. The summed E-state index contributed by atoms with van der Waals surface area (Å²) < 4.78 is 6.27. The average Bonchev–Trinajstić information content (AvgIpc) is 2.50. The first-order chi connectivity index (χ1) is 11.7. The van der Waals surface area contributed by atoms with Crippen molar-refractivity contribution in [1.82, 2.24) is 9.80 Å². The fraction of sp³-hybridized carbons (Fsp3) is 0.556. The third-order valence-corrected chi connectivity index (χ3v) is 4.60. The van der Waals surface area contributed by atoms with E-state index in [0.29, 0.717) is 26.2 Å².